The Morgan fingerprint density at radius 1 is 0.292 bits per heavy atom. The SMILES string of the molecule is CCCCCCCC/C=C\CCCCCCCCCCCC(=O)OCC(COC(=O)CCCCCCCCCCCCCC)OC(=O)CCCCCCCCCCCCCCCCCC. The highest BCUT2D eigenvalue weighted by atomic mass is 16.6. The number of ether oxygens (including phenoxy) is 3. The van der Waals surface area contributed by atoms with Crippen molar-refractivity contribution in [1.82, 2.24) is 0 Å². The number of allylic oxidation sites excluding steroid dienone is 2. The van der Waals surface area contributed by atoms with Crippen LogP contribution in [-0.4, -0.2) is 37.2 Å². The maximum absolute atomic E-state index is 12.8. The molecule has 0 fully saturated rings. The fourth-order valence-corrected chi connectivity index (χ4v) is 8.85. The van der Waals surface area contributed by atoms with Crippen LogP contribution in [0.1, 0.15) is 329 Å². The summed E-state index contributed by atoms with van der Waals surface area (Å²) >= 11 is 0. The van der Waals surface area contributed by atoms with Gasteiger partial charge in [-0.15, -0.1) is 0 Å². The number of hydrogen-bond donors (Lipinski definition) is 0. The standard InChI is InChI=1S/C59H112O6/c1-4-7-10-13-16-19-22-25-27-29-30-31-33-34-37-40-43-46-49-52-58(61)64-55-56(54-63-57(60)51-48-45-42-39-36-24-21-18-15-12-9-6-3)65-59(62)53-50-47-44-41-38-35-32-28-26-23-20-17-14-11-8-5-2/h25,27,56H,4-24,26,28-55H2,1-3H3/b27-25-. The molecule has 0 aliphatic heterocycles. The molecule has 6 nitrogen and oxygen atoms in total. The molecule has 0 rings (SSSR count). The second kappa shape index (κ2) is 54.8. The molecule has 0 amide bonds. The van der Waals surface area contributed by atoms with Gasteiger partial charge in [-0.25, -0.2) is 0 Å². The van der Waals surface area contributed by atoms with E-state index in [1.54, 1.807) is 0 Å². The van der Waals surface area contributed by atoms with Gasteiger partial charge in [-0.05, 0) is 44.9 Å². The molecule has 0 aliphatic rings. The highest BCUT2D eigenvalue weighted by Crippen LogP contribution is 2.17. The van der Waals surface area contributed by atoms with Crippen LogP contribution in [0.2, 0.25) is 0 Å². The van der Waals surface area contributed by atoms with Crippen molar-refractivity contribution in [1.29, 1.82) is 0 Å². The van der Waals surface area contributed by atoms with E-state index in [0.29, 0.717) is 19.3 Å². The molecule has 384 valence electrons. The summed E-state index contributed by atoms with van der Waals surface area (Å²) in [5.41, 5.74) is 0. The molecule has 0 aliphatic carbocycles. The summed E-state index contributed by atoms with van der Waals surface area (Å²) < 4.78 is 16.9. The van der Waals surface area contributed by atoms with E-state index in [0.717, 1.165) is 57.8 Å². The van der Waals surface area contributed by atoms with Gasteiger partial charge >= 0.3 is 17.9 Å². The number of unbranched alkanes of at least 4 members (excludes halogenated alkanes) is 41. The lowest BCUT2D eigenvalue weighted by atomic mass is 10.0. The Kier molecular flexibility index (Phi) is 53.2. The van der Waals surface area contributed by atoms with Crippen LogP contribution in [0.3, 0.4) is 0 Å². The molecule has 0 spiro atoms. The molecule has 0 heterocycles. The highest BCUT2D eigenvalue weighted by molar-refractivity contribution is 5.71. The van der Waals surface area contributed by atoms with Crippen LogP contribution >= 0.6 is 0 Å². The molecule has 0 aromatic rings. The number of rotatable bonds is 54. The van der Waals surface area contributed by atoms with Crippen molar-refractivity contribution in [2.45, 2.75) is 335 Å². The topological polar surface area (TPSA) is 78.9 Å². The van der Waals surface area contributed by atoms with Crippen LogP contribution in [-0.2, 0) is 28.6 Å². The van der Waals surface area contributed by atoms with Crippen LogP contribution in [0, 0.1) is 0 Å². The van der Waals surface area contributed by atoms with Crippen molar-refractivity contribution in [3.63, 3.8) is 0 Å². The van der Waals surface area contributed by atoms with Crippen LogP contribution < -0.4 is 0 Å². The Morgan fingerprint density at radius 3 is 0.769 bits per heavy atom. The predicted molar refractivity (Wildman–Crippen MR) is 280 cm³/mol. The van der Waals surface area contributed by atoms with Gasteiger partial charge in [0, 0.05) is 19.3 Å². The molecular formula is C59H112O6. The lowest BCUT2D eigenvalue weighted by Crippen LogP contribution is -2.30. The fourth-order valence-electron chi connectivity index (χ4n) is 8.85. The first kappa shape index (κ1) is 63.1. The molecule has 0 N–H and O–H groups in total. The molecule has 0 aromatic carbocycles. The number of carbonyl (C=O) groups is 3. The van der Waals surface area contributed by atoms with Crippen molar-refractivity contribution in [3.05, 3.63) is 12.2 Å². The molecule has 0 bridgehead atoms. The van der Waals surface area contributed by atoms with Crippen molar-refractivity contribution < 1.29 is 28.6 Å². The van der Waals surface area contributed by atoms with E-state index in [1.165, 1.54) is 231 Å². The van der Waals surface area contributed by atoms with E-state index in [1.807, 2.05) is 0 Å². The summed E-state index contributed by atoms with van der Waals surface area (Å²) in [6.45, 7) is 6.69. The van der Waals surface area contributed by atoms with Gasteiger partial charge in [-0.1, -0.05) is 277 Å². The molecule has 0 aromatic heterocycles. The smallest absolute Gasteiger partial charge is 0.306 e. The van der Waals surface area contributed by atoms with Gasteiger partial charge in [-0.3, -0.25) is 14.4 Å². The van der Waals surface area contributed by atoms with Crippen molar-refractivity contribution in [3.8, 4) is 0 Å². The third kappa shape index (κ3) is 53.0. The number of esters is 3. The van der Waals surface area contributed by atoms with Crippen molar-refractivity contribution in [2.75, 3.05) is 13.2 Å². The van der Waals surface area contributed by atoms with Crippen molar-refractivity contribution >= 4 is 17.9 Å². The molecule has 65 heavy (non-hydrogen) atoms. The highest BCUT2D eigenvalue weighted by Gasteiger charge is 2.19. The third-order valence-corrected chi connectivity index (χ3v) is 13.3. The summed E-state index contributed by atoms with van der Waals surface area (Å²) in [7, 11) is 0. The van der Waals surface area contributed by atoms with E-state index in [4.69, 9.17) is 14.2 Å². The Bertz CT molecular complexity index is 1010. The minimum absolute atomic E-state index is 0.0645. The quantitative estimate of drug-likeness (QED) is 0.0262. The maximum atomic E-state index is 12.8. The molecule has 0 saturated heterocycles. The first-order chi connectivity index (χ1) is 32.0. The number of carbonyl (C=O) groups excluding carboxylic acids is 3. The normalized spacial score (nSPS) is 12.0. The van der Waals surface area contributed by atoms with Gasteiger partial charge in [0.05, 0.1) is 0 Å². The molecule has 0 radical (unpaired) electrons. The Balaban J connectivity index is 4.28. The van der Waals surface area contributed by atoms with Crippen LogP contribution in [0.15, 0.2) is 12.2 Å². The van der Waals surface area contributed by atoms with E-state index in [9.17, 15) is 14.4 Å². The van der Waals surface area contributed by atoms with Gasteiger partial charge in [0.25, 0.3) is 0 Å². The summed E-state index contributed by atoms with van der Waals surface area (Å²) in [4.78, 5) is 38.1. The fraction of sp³-hybridized carbons (Fsp3) is 0.915. The molecular weight excluding hydrogens is 805 g/mol. The van der Waals surface area contributed by atoms with Crippen LogP contribution in [0.5, 0.6) is 0 Å². The van der Waals surface area contributed by atoms with Crippen LogP contribution in [0.25, 0.3) is 0 Å². The Morgan fingerprint density at radius 2 is 0.508 bits per heavy atom. The predicted octanol–water partition coefficient (Wildman–Crippen LogP) is 19.3. The van der Waals surface area contributed by atoms with Gasteiger partial charge in [0.1, 0.15) is 13.2 Å². The maximum Gasteiger partial charge on any atom is 0.306 e. The summed E-state index contributed by atoms with van der Waals surface area (Å²) in [6, 6.07) is 0. The minimum atomic E-state index is -0.764. The molecule has 0 saturated carbocycles. The zero-order chi connectivity index (χ0) is 47.2. The average molecular weight is 918 g/mol. The Labute approximate surface area is 405 Å². The second-order valence-electron chi connectivity index (χ2n) is 19.9. The lowest BCUT2D eigenvalue weighted by molar-refractivity contribution is -0.167. The lowest BCUT2D eigenvalue weighted by Gasteiger charge is -2.18. The number of hydrogen-bond acceptors (Lipinski definition) is 6. The van der Waals surface area contributed by atoms with E-state index >= 15 is 0 Å². The van der Waals surface area contributed by atoms with Gasteiger partial charge < -0.3 is 14.2 Å². The van der Waals surface area contributed by atoms with E-state index in [2.05, 4.69) is 32.9 Å². The average Bonchev–Trinajstić information content (AvgIpc) is 3.30. The van der Waals surface area contributed by atoms with Crippen LogP contribution in [0.4, 0.5) is 0 Å². The third-order valence-electron chi connectivity index (χ3n) is 13.3. The summed E-state index contributed by atoms with van der Waals surface area (Å²) in [5.74, 6) is -0.842. The summed E-state index contributed by atoms with van der Waals surface area (Å²) in [6.07, 6.45) is 62.0. The van der Waals surface area contributed by atoms with Gasteiger partial charge in [0.15, 0.2) is 6.10 Å². The van der Waals surface area contributed by atoms with E-state index < -0.39 is 6.10 Å². The molecule has 6 heteroatoms. The van der Waals surface area contributed by atoms with E-state index in [-0.39, 0.29) is 31.1 Å². The monoisotopic (exact) mass is 917 g/mol. The molecule has 1 unspecified atom stereocenters. The Hall–Kier alpha value is -1.85. The zero-order valence-corrected chi connectivity index (χ0v) is 44.0. The first-order valence-electron chi connectivity index (χ1n) is 29.2. The largest absolute Gasteiger partial charge is 0.462 e. The minimum Gasteiger partial charge on any atom is -0.462 e. The molecule has 1 atom stereocenters. The zero-order valence-electron chi connectivity index (χ0n) is 44.0. The summed E-state index contributed by atoms with van der Waals surface area (Å²) in [5, 5.41) is 0. The first-order valence-corrected chi connectivity index (χ1v) is 29.2. The van der Waals surface area contributed by atoms with Crippen molar-refractivity contribution in [2.24, 2.45) is 0 Å². The van der Waals surface area contributed by atoms with Gasteiger partial charge in [0.2, 0.25) is 0 Å². The van der Waals surface area contributed by atoms with Gasteiger partial charge in [-0.2, -0.15) is 0 Å². The second-order valence-corrected chi connectivity index (χ2v) is 19.9.